The number of carbonyl (C=O) groups excluding carboxylic acids is 2. The molecule has 1 heterocycles. The minimum Gasteiger partial charge on any atom is -0.382 e. The third-order valence-electron chi connectivity index (χ3n) is 4.32. The summed E-state index contributed by atoms with van der Waals surface area (Å²) in [5.41, 5.74) is 18.1. The monoisotopic (exact) mass is 519 g/mol. The van der Waals surface area contributed by atoms with Gasteiger partial charge in [0, 0.05) is 12.2 Å². The van der Waals surface area contributed by atoms with Crippen LogP contribution in [0.1, 0.15) is 35.8 Å². The predicted octanol–water partition coefficient (Wildman–Crippen LogP) is 1.70. The van der Waals surface area contributed by atoms with Crippen LogP contribution in [0.3, 0.4) is 0 Å². The van der Waals surface area contributed by atoms with E-state index < -0.39 is 17.9 Å². The first-order valence-corrected chi connectivity index (χ1v) is 9.92. The largest absolute Gasteiger partial charge is 0.382 e. The van der Waals surface area contributed by atoms with Gasteiger partial charge < -0.3 is 27.8 Å². The molecule has 11 nitrogen and oxygen atoms in total. The SMILES string of the molecule is CC(Nc1ccc(CCCCNC(=N)NC(=O)c2nc(Cl)c(N)nc2N)cc1)C(N)=O.Cl.Cl. The number of halogens is 3. The van der Waals surface area contributed by atoms with Crippen LogP contribution in [0.15, 0.2) is 24.3 Å². The number of nitrogens with one attached hydrogen (secondary N) is 4. The third kappa shape index (κ3) is 9.56. The van der Waals surface area contributed by atoms with E-state index in [-0.39, 0.29) is 53.3 Å². The molecule has 1 unspecified atom stereocenters. The minimum absolute atomic E-state index is 0. The van der Waals surface area contributed by atoms with Gasteiger partial charge in [-0.25, -0.2) is 9.97 Å². The van der Waals surface area contributed by atoms with Crippen molar-refractivity contribution in [2.75, 3.05) is 23.3 Å². The third-order valence-corrected chi connectivity index (χ3v) is 4.59. The van der Waals surface area contributed by atoms with Crippen LogP contribution in [0.25, 0.3) is 0 Å². The van der Waals surface area contributed by atoms with Gasteiger partial charge in [0.25, 0.3) is 5.91 Å². The van der Waals surface area contributed by atoms with Crippen molar-refractivity contribution < 1.29 is 9.59 Å². The van der Waals surface area contributed by atoms with Crippen molar-refractivity contribution in [3.63, 3.8) is 0 Å². The van der Waals surface area contributed by atoms with E-state index in [4.69, 9.17) is 34.2 Å². The number of primary amides is 1. The lowest BCUT2D eigenvalue weighted by Crippen LogP contribution is -2.41. The van der Waals surface area contributed by atoms with Gasteiger partial charge in [-0.2, -0.15) is 0 Å². The van der Waals surface area contributed by atoms with Crippen LogP contribution in [-0.4, -0.2) is 40.3 Å². The fraction of sp³-hybridized carbons (Fsp3) is 0.316. The fourth-order valence-electron chi connectivity index (χ4n) is 2.58. The van der Waals surface area contributed by atoms with Crippen LogP contribution in [0, 0.1) is 5.41 Å². The summed E-state index contributed by atoms with van der Waals surface area (Å²) in [7, 11) is 0. The second-order valence-electron chi connectivity index (χ2n) is 6.81. The molecule has 0 saturated heterocycles. The van der Waals surface area contributed by atoms with E-state index in [1.807, 2.05) is 24.3 Å². The molecule has 0 aliphatic heterocycles. The summed E-state index contributed by atoms with van der Waals surface area (Å²) < 4.78 is 0. The standard InChI is InChI=1S/C19H26ClN9O2.2ClH/c1-10(17(23)30)26-12-7-5-11(6-8-12)4-2-3-9-25-19(24)29-18(31)13-15(21)28-16(22)14(20)27-13;;/h5-8,10,26H,2-4,9H2,1H3,(H2,23,30)(H4,21,22,28)(H3,24,25,29,31);2*1H. The summed E-state index contributed by atoms with van der Waals surface area (Å²) in [5.74, 6) is -1.54. The molecule has 2 aromatic rings. The molecule has 0 fully saturated rings. The van der Waals surface area contributed by atoms with Gasteiger partial charge in [-0.3, -0.25) is 20.3 Å². The summed E-state index contributed by atoms with van der Waals surface area (Å²) in [5, 5.41) is 15.8. The topological polar surface area (TPSA) is 198 Å². The number of guanidine groups is 1. The molecule has 33 heavy (non-hydrogen) atoms. The van der Waals surface area contributed by atoms with Gasteiger partial charge in [0.15, 0.2) is 28.4 Å². The van der Waals surface area contributed by atoms with Gasteiger partial charge in [0.1, 0.15) is 6.04 Å². The quantitative estimate of drug-likeness (QED) is 0.147. The van der Waals surface area contributed by atoms with E-state index in [0.717, 1.165) is 30.5 Å². The number of aryl methyl sites for hydroxylation is 1. The Morgan fingerprint density at radius 1 is 1.09 bits per heavy atom. The van der Waals surface area contributed by atoms with Gasteiger partial charge in [-0.15, -0.1) is 24.8 Å². The van der Waals surface area contributed by atoms with Crippen LogP contribution < -0.4 is 33.2 Å². The van der Waals surface area contributed by atoms with Crippen molar-refractivity contribution in [2.45, 2.75) is 32.2 Å². The number of benzene rings is 1. The first-order chi connectivity index (χ1) is 14.7. The zero-order valence-corrected chi connectivity index (χ0v) is 20.2. The molecule has 2 rings (SSSR count). The Kier molecular flexibility index (Phi) is 12.9. The van der Waals surface area contributed by atoms with Gasteiger partial charge in [-0.1, -0.05) is 23.7 Å². The molecule has 1 aromatic heterocycles. The number of hydrogen-bond acceptors (Lipinski definition) is 8. The molecule has 0 aliphatic carbocycles. The lowest BCUT2D eigenvalue weighted by molar-refractivity contribution is -0.118. The molecule has 0 aliphatic rings. The average Bonchev–Trinajstić information content (AvgIpc) is 2.71. The maximum Gasteiger partial charge on any atom is 0.280 e. The highest BCUT2D eigenvalue weighted by Gasteiger charge is 2.17. The molecule has 0 saturated carbocycles. The van der Waals surface area contributed by atoms with Crippen molar-refractivity contribution >= 4 is 71.5 Å². The van der Waals surface area contributed by atoms with Crippen LogP contribution in [0.4, 0.5) is 17.3 Å². The fourth-order valence-corrected chi connectivity index (χ4v) is 2.71. The van der Waals surface area contributed by atoms with Gasteiger partial charge in [0.2, 0.25) is 5.91 Å². The van der Waals surface area contributed by atoms with Crippen molar-refractivity contribution in [1.29, 1.82) is 5.41 Å². The van der Waals surface area contributed by atoms with E-state index in [1.54, 1.807) is 6.92 Å². The number of aromatic nitrogens is 2. The molecule has 0 spiro atoms. The molecule has 1 atom stereocenters. The summed E-state index contributed by atoms with van der Waals surface area (Å²) in [4.78, 5) is 30.7. The smallest absolute Gasteiger partial charge is 0.280 e. The Hall–Kier alpha value is -3.02. The Balaban J connectivity index is 0.00000512. The number of rotatable bonds is 9. The first-order valence-electron chi connectivity index (χ1n) is 9.54. The van der Waals surface area contributed by atoms with Crippen molar-refractivity contribution in [2.24, 2.45) is 5.73 Å². The summed E-state index contributed by atoms with van der Waals surface area (Å²) in [6, 6.07) is 7.32. The number of amides is 2. The zero-order chi connectivity index (χ0) is 23.0. The number of nitrogens with two attached hydrogens (primary N) is 3. The molecule has 0 bridgehead atoms. The van der Waals surface area contributed by atoms with E-state index >= 15 is 0 Å². The van der Waals surface area contributed by atoms with E-state index in [2.05, 4.69) is 25.9 Å². The summed E-state index contributed by atoms with van der Waals surface area (Å²) in [6.07, 6.45) is 2.51. The maximum absolute atomic E-state index is 12.1. The number of nitrogen functional groups attached to an aromatic ring is 2. The Morgan fingerprint density at radius 3 is 2.33 bits per heavy atom. The Morgan fingerprint density at radius 2 is 1.73 bits per heavy atom. The van der Waals surface area contributed by atoms with Crippen LogP contribution in [0.2, 0.25) is 5.15 Å². The lowest BCUT2D eigenvalue weighted by atomic mass is 10.1. The highest BCUT2D eigenvalue weighted by Crippen LogP contribution is 2.17. The molecular weight excluding hydrogens is 493 g/mol. The lowest BCUT2D eigenvalue weighted by Gasteiger charge is -2.12. The number of anilines is 3. The highest BCUT2D eigenvalue weighted by molar-refractivity contribution is 6.31. The number of carbonyl (C=O) groups is 2. The molecule has 2 amide bonds. The molecular formula is C19H28Cl3N9O2. The Labute approximate surface area is 208 Å². The normalized spacial score (nSPS) is 10.7. The average molecular weight is 521 g/mol. The van der Waals surface area contributed by atoms with Crippen molar-refractivity contribution in [3.05, 3.63) is 40.7 Å². The summed E-state index contributed by atoms with van der Waals surface area (Å²) >= 11 is 5.75. The maximum atomic E-state index is 12.1. The molecule has 0 radical (unpaired) electrons. The molecule has 14 heteroatoms. The van der Waals surface area contributed by atoms with E-state index in [1.165, 1.54) is 0 Å². The van der Waals surface area contributed by atoms with Crippen LogP contribution in [0.5, 0.6) is 0 Å². The van der Waals surface area contributed by atoms with Crippen molar-refractivity contribution in [3.8, 4) is 0 Å². The second kappa shape index (κ2) is 14.2. The molecule has 10 N–H and O–H groups in total. The molecule has 182 valence electrons. The number of unbranched alkanes of at least 4 members (excludes halogenated alkanes) is 1. The minimum atomic E-state index is -0.705. The zero-order valence-electron chi connectivity index (χ0n) is 17.9. The van der Waals surface area contributed by atoms with Gasteiger partial charge >= 0.3 is 0 Å². The second-order valence-corrected chi connectivity index (χ2v) is 7.17. The number of hydrogen-bond donors (Lipinski definition) is 7. The van der Waals surface area contributed by atoms with E-state index in [0.29, 0.717) is 6.54 Å². The van der Waals surface area contributed by atoms with Gasteiger partial charge in [-0.05, 0) is 43.9 Å². The molecule has 1 aromatic carbocycles. The number of nitrogens with zero attached hydrogens (tertiary/aromatic N) is 2. The van der Waals surface area contributed by atoms with Gasteiger partial charge in [0.05, 0.1) is 0 Å². The predicted molar refractivity (Wildman–Crippen MR) is 135 cm³/mol. The van der Waals surface area contributed by atoms with Crippen LogP contribution >= 0.6 is 36.4 Å². The van der Waals surface area contributed by atoms with Crippen LogP contribution in [-0.2, 0) is 11.2 Å². The highest BCUT2D eigenvalue weighted by atomic mass is 35.5. The summed E-state index contributed by atoms with van der Waals surface area (Å²) in [6.45, 7) is 2.20. The Bertz CT molecular complexity index is 958. The first kappa shape index (κ1) is 30.0. The van der Waals surface area contributed by atoms with E-state index in [9.17, 15) is 9.59 Å². The van der Waals surface area contributed by atoms with Crippen molar-refractivity contribution in [1.82, 2.24) is 20.6 Å².